The first kappa shape index (κ1) is 15.7. The molecule has 1 aliphatic rings. The number of nitrogens with zero attached hydrogens (tertiary/aromatic N) is 4. The Morgan fingerprint density at radius 1 is 1.17 bits per heavy atom. The number of nitrogens with one attached hydrogen (secondary N) is 1. The smallest absolute Gasteiger partial charge is 0.323 e. The van der Waals surface area contributed by atoms with Crippen LogP contribution in [0.4, 0.5) is 20.0 Å². The van der Waals surface area contributed by atoms with Crippen molar-refractivity contribution in [3.05, 3.63) is 35.1 Å². The molecule has 0 spiro atoms. The fourth-order valence-electron chi connectivity index (χ4n) is 2.55. The molecule has 3 rings (SSSR count). The highest BCUT2D eigenvalue weighted by atomic mass is 32.1. The van der Waals surface area contributed by atoms with Crippen LogP contribution in [0.3, 0.4) is 0 Å². The average molecular weight is 335 g/mol. The van der Waals surface area contributed by atoms with E-state index in [0.717, 1.165) is 23.7 Å². The van der Waals surface area contributed by atoms with Crippen LogP contribution in [0.15, 0.2) is 24.3 Å². The number of carbonyl (C=O) groups excluding carboxylic acids is 1. The second kappa shape index (κ2) is 6.91. The normalized spacial score (nSPS) is 15.4. The van der Waals surface area contributed by atoms with Crippen LogP contribution in [0.25, 0.3) is 0 Å². The summed E-state index contributed by atoms with van der Waals surface area (Å²) >= 11 is 1.36. The number of anilines is 2. The first-order valence-electron chi connectivity index (χ1n) is 7.48. The lowest BCUT2D eigenvalue weighted by Crippen LogP contribution is -2.38. The number of aryl methyl sites for hydroxylation is 1. The van der Waals surface area contributed by atoms with Crippen LogP contribution < -0.4 is 10.2 Å². The lowest BCUT2D eigenvalue weighted by atomic mass is 10.2. The third kappa shape index (κ3) is 3.95. The van der Waals surface area contributed by atoms with E-state index in [1.165, 1.54) is 23.5 Å². The van der Waals surface area contributed by atoms with Crippen LogP contribution in [-0.2, 0) is 0 Å². The Hall–Kier alpha value is -2.22. The van der Waals surface area contributed by atoms with Gasteiger partial charge in [0.25, 0.3) is 0 Å². The van der Waals surface area contributed by atoms with Gasteiger partial charge in [0.2, 0.25) is 5.13 Å². The van der Waals surface area contributed by atoms with Crippen molar-refractivity contribution in [2.75, 3.05) is 36.4 Å². The number of benzene rings is 1. The number of hydrogen-bond donors (Lipinski definition) is 1. The molecule has 1 aromatic carbocycles. The number of amides is 2. The molecule has 0 aliphatic carbocycles. The molecule has 0 saturated carbocycles. The number of hydrogen-bond acceptors (Lipinski definition) is 5. The zero-order valence-corrected chi connectivity index (χ0v) is 13.6. The number of carbonyl (C=O) groups is 1. The third-order valence-corrected chi connectivity index (χ3v) is 4.47. The van der Waals surface area contributed by atoms with Crippen LogP contribution in [0, 0.1) is 12.7 Å². The first-order valence-corrected chi connectivity index (χ1v) is 8.30. The molecule has 2 heterocycles. The Labute approximate surface area is 137 Å². The fraction of sp³-hybridized carbons (Fsp3) is 0.400. The SMILES string of the molecule is Cc1nnc(NC(=O)N2CCCN(c3ccc(F)cc3)CC2)s1. The predicted molar refractivity (Wildman–Crippen MR) is 88.5 cm³/mol. The van der Waals surface area contributed by atoms with Gasteiger partial charge in [-0.1, -0.05) is 11.3 Å². The highest BCUT2D eigenvalue weighted by Gasteiger charge is 2.20. The summed E-state index contributed by atoms with van der Waals surface area (Å²) in [5, 5.41) is 11.9. The molecule has 0 unspecified atom stereocenters. The minimum atomic E-state index is -0.239. The molecule has 1 aromatic heterocycles. The van der Waals surface area contributed by atoms with Crippen molar-refractivity contribution in [3.8, 4) is 0 Å². The second-order valence-electron chi connectivity index (χ2n) is 5.36. The second-order valence-corrected chi connectivity index (χ2v) is 6.54. The molecule has 122 valence electrons. The average Bonchev–Trinajstić information content (AvgIpc) is 2.80. The van der Waals surface area contributed by atoms with E-state index in [0.29, 0.717) is 24.8 Å². The van der Waals surface area contributed by atoms with Crippen molar-refractivity contribution >= 4 is 28.2 Å². The minimum absolute atomic E-state index is 0.151. The highest BCUT2D eigenvalue weighted by Crippen LogP contribution is 2.18. The van der Waals surface area contributed by atoms with E-state index >= 15 is 0 Å². The maximum Gasteiger partial charge on any atom is 0.323 e. The molecule has 0 radical (unpaired) electrons. The minimum Gasteiger partial charge on any atom is -0.370 e. The predicted octanol–water partition coefficient (Wildman–Crippen LogP) is 2.73. The van der Waals surface area contributed by atoms with E-state index < -0.39 is 0 Å². The van der Waals surface area contributed by atoms with Gasteiger partial charge >= 0.3 is 6.03 Å². The summed E-state index contributed by atoms with van der Waals surface area (Å²) in [5.74, 6) is -0.239. The summed E-state index contributed by atoms with van der Waals surface area (Å²) in [6.45, 7) is 4.70. The molecule has 0 bridgehead atoms. The van der Waals surface area contributed by atoms with Gasteiger partial charge in [0.05, 0.1) is 0 Å². The van der Waals surface area contributed by atoms with Crippen molar-refractivity contribution in [3.63, 3.8) is 0 Å². The van der Waals surface area contributed by atoms with Gasteiger partial charge < -0.3 is 9.80 Å². The van der Waals surface area contributed by atoms with Crippen molar-refractivity contribution < 1.29 is 9.18 Å². The Morgan fingerprint density at radius 2 is 1.96 bits per heavy atom. The van der Waals surface area contributed by atoms with Crippen LogP contribution in [0.1, 0.15) is 11.4 Å². The molecule has 1 aliphatic heterocycles. The van der Waals surface area contributed by atoms with E-state index in [9.17, 15) is 9.18 Å². The van der Waals surface area contributed by atoms with Gasteiger partial charge in [-0.2, -0.15) is 0 Å². The summed E-state index contributed by atoms with van der Waals surface area (Å²) < 4.78 is 13.0. The third-order valence-electron chi connectivity index (χ3n) is 3.71. The monoisotopic (exact) mass is 335 g/mol. The lowest BCUT2D eigenvalue weighted by molar-refractivity contribution is 0.215. The van der Waals surface area contributed by atoms with Gasteiger partial charge in [0.1, 0.15) is 10.8 Å². The topological polar surface area (TPSA) is 61.4 Å². The van der Waals surface area contributed by atoms with Crippen molar-refractivity contribution in [2.45, 2.75) is 13.3 Å². The molecule has 8 heteroatoms. The Balaban J connectivity index is 1.59. The van der Waals surface area contributed by atoms with Gasteiger partial charge in [0, 0.05) is 31.9 Å². The van der Waals surface area contributed by atoms with Gasteiger partial charge in [-0.3, -0.25) is 5.32 Å². The zero-order chi connectivity index (χ0) is 16.2. The molecular formula is C15H18FN5OS. The Bertz CT molecular complexity index is 675. The van der Waals surface area contributed by atoms with E-state index in [2.05, 4.69) is 20.4 Å². The van der Waals surface area contributed by atoms with Gasteiger partial charge in [0.15, 0.2) is 0 Å². The molecule has 1 N–H and O–H groups in total. The fourth-order valence-corrected chi connectivity index (χ4v) is 3.13. The molecule has 1 saturated heterocycles. The van der Waals surface area contributed by atoms with E-state index in [4.69, 9.17) is 0 Å². The van der Waals surface area contributed by atoms with Crippen molar-refractivity contribution in [2.24, 2.45) is 0 Å². The van der Waals surface area contributed by atoms with Crippen LogP contribution >= 0.6 is 11.3 Å². The van der Waals surface area contributed by atoms with Gasteiger partial charge in [-0.15, -0.1) is 10.2 Å². The summed E-state index contributed by atoms with van der Waals surface area (Å²) in [5.41, 5.74) is 0.980. The van der Waals surface area contributed by atoms with Crippen LogP contribution in [0.5, 0.6) is 0 Å². The number of rotatable bonds is 2. The largest absolute Gasteiger partial charge is 0.370 e. The molecule has 2 amide bonds. The quantitative estimate of drug-likeness (QED) is 0.917. The van der Waals surface area contributed by atoms with Gasteiger partial charge in [-0.25, -0.2) is 9.18 Å². The van der Waals surface area contributed by atoms with Crippen molar-refractivity contribution in [1.82, 2.24) is 15.1 Å². The lowest BCUT2D eigenvalue weighted by Gasteiger charge is -2.23. The molecule has 23 heavy (non-hydrogen) atoms. The number of halogens is 1. The van der Waals surface area contributed by atoms with Crippen LogP contribution in [-0.4, -0.2) is 47.3 Å². The van der Waals surface area contributed by atoms with Gasteiger partial charge in [-0.05, 0) is 37.6 Å². The van der Waals surface area contributed by atoms with E-state index in [1.807, 2.05) is 6.92 Å². The Kier molecular flexibility index (Phi) is 4.71. The van der Waals surface area contributed by atoms with Crippen molar-refractivity contribution in [1.29, 1.82) is 0 Å². The molecule has 6 nitrogen and oxygen atoms in total. The van der Waals surface area contributed by atoms with E-state index in [1.54, 1.807) is 17.0 Å². The molecular weight excluding hydrogens is 317 g/mol. The summed E-state index contributed by atoms with van der Waals surface area (Å²) in [6.07, 6.45) is 0.861. The number of urea groups is 1. The van der Waals surface area contributed by atoms with Crippen LogP contribution in [0.2, 0.25) is 0 Å². The maximum absolute atomic E-state index is 13.0. The maximum atomic E-state index is 13.0. The molecule has 2 aromatic rings. The highest BCUT2D eigenvalue weighted by molar-refractivity contribution is 7.15. The summed E-state index contributed by atoms with van der Waals surface area (Å²) in [4.78, 5) is 16.2. The Morgan fingerprint density at radius 3 is 2.65 bits per heavy atom. The number of aromatic nitrogens is 2. The standard InChI is InChI=1S/C15H18FN5OS/c1-11-18-19-14(23-11)17-15(22)21-8-2-7-20(9-10-21)13-5-3-12(16)4-6-13/h3-6H,2,7-10H2,1H3,(H,17,19,22). The first-order chi connectivity index (χ1) is 11.1. The zero-order valence-electron chi connectivity index (χ0n) is 12.8. The molecule has 1 fully saturated rings. The molecule has 0 atom stereocenters. The van der Waals surface area contributed by atoms with E-state index in [-0.39, 0.29) is 11.8 Å². The summed E-state index contributed by atoms with van der Waals surface area (Å²) in [6, 6.07) is 6.32. The summed E-state index contributed by atoms with van der Waals surface area (Å²) in [7, 11) is 0.